The monoisotopic (exact) mass is 317 g/mol. The number of aliphatic hydroxyl groups excluding tert-OH is 1. The lowest BCUT2D eigenvalue weighted by Crippen LogP contribution is -2.35. The molecule has 0 bridgehead atoms. The molecule has 1 N–H and O–H groups in total. The molecule has 1 aromatic rings. The van der Waals surface area contributed by atoms with E-state index in [2.05, 4.69) is 0 Å². The Morgan fingerprint density at radius 1 is 1.43 bits per heavy atom. The van der Waals surface area contributed by atoms with Gasteiger partial charge in [-0.3, -0.25) is 0 Å². The second kappa shape index (κ2) is 7.09. The van der Waals surface area contributed by atoms with Crippen molar-refractivity contribution in [2.24, 2.45) is 0 Å². The van der Waals surface area contributed by atoms with Gasteiger partial charge in [-0.15, -0.1) is 0 Å². The Bertz CT molecular complexity index is 482. The number of carbonyl (C=O) groups excluding carboxylic acids is 1. The van der Waals surface area contributed by atoms with Crippen LogP contribution in [0.25, 0.3) is 0 Å². The minimum absolute atomic E-state index is 0.226. The zero-order valence-electron chi connectivity index (χ0n) is 12.7. The Morgan fingerprint density at radius 3 is 2.57 bits per heavy atom. The molecule has 0 fully saturated rings. The molecule has 21 heavy (non-hydrogen) atoms. The van der Waals surface area contributed by atoms with Crippen LogP contribution in [-0.4, -0.2) is 35.3 Å². The van der Waals surface area contributed by atoms with Crippen molar-refractivity contribution >= 4 is 17.7 Å². The summed E-state index contributed by atoms with van der Waals surface area (Å²) in [6.45, 7) is 5.62. The van der Waals surface area contributed by atoms with Crippen LogP contribution in [0.2, 0.25) is 5.02 Å². The van der Waals surface area contributed by atoms with Crippen molar-refractivity contribution in [3.63, 3.8) is 0 Å². The summed E-state index contributed by atoms with van der Waals surface area (Å²) in [4.78, 5) is 13.1. The summed E-state index contributed by atoms with van der Waals surface area (Å²) in [5, 5.41) is 10.3. The number of ether oxygens (including phenoxy) is 1. The standard InChI is InChI=1S/C15H21ClFNO3/c1-15(2,3)21-14(20)18(4)6-5-13(19)10-7-11(16)9-12(17)8-10/h7-9,13,19H,5-6H2,1-4H3. The van der Waals surface area contributed by atoms with Gasteiger partial charge in [0.25, 0.3) is 0 Å². The van der Waals surface area contributed by atoms with Crippen LogP contribution in [0.3, 0.4) is 0 Å². The topological polar surface area (TPSA) is 49.8 Å². The summed E-state index contributed by atoms with van der Waals surface area (Å²) in [5.41, 5.74) is -0.183. The van der Waals surface area contributed by atoms with Crippen molar-refractivity contribution in [2.75, 3.05) is 13.6 Å². The number of aliphatic hydroxyl groups is 1. The highest BCUT2D eigenvalue weighted by molar-refractivity contribution is 6.30. The smallest absolute Gasteiger partial charge is 0.410 e. The molecular formula is C15H21ClFNO3. The number of carbonyl (C=O) groups is 1. The van der Waals surface area contributed by atoms with Crippen LogP contribution in [-0.2, 0) is 4.74 Å². The summed E-state index contributed by atoms with van der Waals surface area (Å²) in [7, 11) is 1.58. The number of hydrogen-bond donors (Lipinski definition) is 1. The molecule has 1 aromatic carbocycles. The highest BCUT2D eigenvalue weighted by Crippen LogP contribution is 2.22. The van der Waals surface area contributed by atoms with Crippen molar-refractivity contribution in [1.82, 2.24) is 4.90 Å². The van der Waals surface area contributed by atoms with Gasteiger partial charge >= 0.3 is 6.09 Å². The average Bonchev–Trinajstić information content (AvgIpc) is 2.32. The highest BCUT2D eigenvalue weighted by atomic mass is 35.5. The van der Waals surface area contributed by atoms with E-state index in [4.69, 9.17) is 16.3 Å². The van der Waals surface area contributed by atoms with Gasteiger partial charge in [0.2, 0.25) is 0 Å². The summed E-state index contributed by atoms with van der Waals surface area (Å²) < 4.78 is 18.4. The second-order valence-corrected chi connectivity index (χ2v) is 6.35. The van der Waals surface area contributed by atoms with E-state index in [1.165, 1.54) is 23.1 Å². The maximum Gasteiger partial charge on any atom is 0.410 e. The molecule has 1 amide bonds. The van der Waals surface area contributed by atoms with Gasteiger partial charge in [-0.25, -0.2) is 9.18 Å². The van der Waals surface area contributed by atoms with Crippen molar-refractivity contribution < 1.29 is 19.0 Å². The van der Waals surface area contributed by atoms with E-state index in [1.54, 1.807) is 27.8 Å². The van der Waals surface area contributed by atoms with Gasteiger partial charge in [0.15, 0.2) is 0 Å². The molecule has 0 aliphatic heterocycles. The van der Waals surface area contributed by atoms with Gasteiger partial charge in [0.1, 0.15) is 11.4 Å². The third-order valence-electron chi connectivity index (χ3n) is 2.71. The van der Waals surface area contributed by atoms with Crippen LogP contribution in [0.5, 0.6) is 0 Å². The van der Waals surface area contributed by atoms with Gasteiger partial charge in [-0.2, -0.15) is 0 Å². The van der Waals surface area contributed by atoms with E-state index < -0.39 is 23.6 Å². The Hall–Kier alpha value is -1.33. The predicted molar refractivity (Wildman–Crippen MR) is 79.9 cm³/mol. The van der Waals surface area contributed by atoms with E-state index in [-0.39, 0.29) is 18.0 Å². The average molecular weight is 318 g/mol. The molecule has 118 valence electrons. The molecule has 0 aliphatic rings. The van der Waals surface area contributed by atoms with Crippen LogP contribution in [0.4, 0.5) is 9.18 Å². The van der Waals surface area contributed by atoms with Crippen molar-refractivity contribution in [2.45, 2.75) is 38.9 Å². The number of nitrogens with zero attached hydrogens (tertiary/aromatic N) is 1. The van der Waals surface area contributed by atoms with Crippen molar-refractivity contribution in [3.05, 3.63) is 34.6 Å². The maximum absolute atomic E-state index is 13.2. The normalized spacial score (nSPS) is 12.9. The fourth-order valence-corrected chi connectivity index (χ4v) is 1.91. The number of amides is 1. The lowest BCUT2D eigenvalue weighted by Gasteiger charge is -2.25. The largest absolute Gasteiger partial charge is 0.444 e. The molecule has 0 saturated heterocycles. The van der Waals surface area contributed by atoms with E-state index in [0.29, 0.717) is 5.56 Å². The summed E-state index contributed by atoms with van der Waals surface area (Å²) in [5.74, 6) is -0.503. The summed E-state index contributed by atoms with van der Waals surface area (Å²) >= 11 is 5.74. The molecule has 0 saturated carbocycles. The molecule has 6 heteroatoms. The first-order valence-electron chi connectivity index (χ1n) is 6.66. The molecule has 1 rings (SSSR count). The van der Waals surface area contributed by atoms with Crippen LogP contribution in [0.15, 0.2) is 18.2 Å². The molecule has 0 radical (unpaired) electrons. The number of benzene rings is 1. The quantitative estimate of drug-likeness (QED) is 0.919. The van der Waals surface area contributed by atoms with Crippen LogP contribution < -0.4 is 0 Å². The fraction of sp³-hybridized carbons (Fsp3) is 0.533. The van der Waals surface area contributed by atoms with Gasteiger partial charge < -0.3 is 14.7 Å². The number of hydrogen-bond acceptors (Lipinski definition) is 3. The van der Waals surface area contributed by atoms with E-state index in [0.717, 1.165) is 0 Å². The summed E-state index contributed by atoms with van der Waals surface area (Å²) in [6, 6.07) is 3.90. The first-order valence-corrected chi connectivity index (χ1v) is 7.04. The highest BCUT2D eigenvalue weighted by Gasteiger charge is 2.20. The molecule has 4 nitrogen and oxygen atoms in total. The first kappa shape index (κ1) is 17.7. The third kappa shape index (κ3) is 6.31. The second-order valence-electron chi connectivity index (χ2n) is 5.91. The lowest BCUT2D eigenvalue weighted by atomic mass is 10.1. The van der Waals surface area contributed by atoms with E-state index in [1.807, 2.05) is 0 Å². The molecule has 0 aromatic heterocycles. The van der Waals surface area contributed by atoms with Gasteiger partial charge in [-0.05, 0) is 51.0 Å². The first-order chi connectivity index (χ1) is 9.58. The lowest BCUT2D eigenvalue weighted by molar-refractivity contribution is 0.0273. The maximum atomic E-state index is 13.2. The Morgan fingerprint density at radius 2 is 2.05 bits per heavy atom. The fourth-order valence-electron chi connectivity index (χ4n) is 1.68. The van der Waals surface area contributed by atoms with E-state index >= 15 is 0 Å². The van der Waals surface area contributed by atoms with E-state index in [9.17, 15) is 14.3 Å². The predicted octanol–water partition coefficient (Wildman–Crippen LogP) is 3.77. The molecular weight excluding hydrogens is 297 g/mol. The van der Waals surface area contributed by atoms with Gasteiger partial charge in [-0.1, -0.05) is 11.6 Å². The SMILES string of the molecule is CN(CCC(O)c1cc(F)cc(Cl)c1)C(=O)OC(C)(C)C. The zero-order chi connectivity index (χ0) is 16.2. The third-order valence-corrected chi connectivity index (χ3v) is 2.93. The van der Waals surface area contributed by atoms with Crippen LogP contribution >= 0.6 is 11.6 Å². The zero-order valence-corrected chi connectivity index (χ0v) is 13.4. The van der Waals surface area contributed by atoms with Gasteiger partial charge in [0, 0.05) is 18.6 Å². The Kier molecular flexibility index (Phi) is 5.98. The minimum atomic E-state index is -0.900. The number of rotatable bonds is 4. The van der Waals surface area contributed by atoms with Crippen LogP contribution in [0.1, 0.15) is 38.9 Å². The van der Waals surface area contributed by atoms with Crippen molar-refractivity contribution in [3.8, 4) is 0 Å². The van der Waals surface area contributed by atoms with Gasteiger partial charge in [0.05, 0.1) is 6.10 Å². The molecule has 1 atom stereocenters. The van der Waals surface area contributed by atoms with Crippen molar-refractivity contribution in [1.29, 1.82) is 0 Å². The van der Waals surface area contributed by atoms with Crippen LogP contribution in [0, 0.1) is 5.82 Å². The molecule has 1 unspecified atom stereocenters. The molecule has 0 spiro atoms. The summed E-state index contributed by atoms with van der Waals surface area (Å²) in [6.07, 6.45) is -1.11. The minimum Gasteiger partial charge on any atom is -0.444 e. The molecule has 0 aliphatic carbocycles. The Labute approximate surface area is 129 Å². The molecule has 0 heterocycles. The Balaban J connectivity index is 2.56. The number of halogens is 2.